The standard InChI is InChI=1S/C60H115NO4/c1-3-5-7-9-11-13-15-17-19-21-23-25-27-28-29-30-31-33-35-37-39-41-43-45-47-49-51-53-55-59(64)60(65)61-57(56-62)58(63)54-52-50-48-46-44-42-40-38-36-34-32-26-24-22-20-18-16-14-12-10-8-6-4-2/h36,38,44,46,52,54,57-59,62-64H,3-35,37,39-43,45,47-51,53,55-56H2,1-2H3,(H,61,65)/b38-36+,46-44+,54-52+. The van der Waals surface area contributed by atoms with E-state index in [9.17, 15) is 20.1 Å². The molecule has 1 amide bonds. The average Bonchev–Trinajstić information content (AvgIpc) is 3.31. The minimum atomic E-state index is -1.11. The van der Waals surface area contributed by atoms with E-state index in [0.717, 1.165) is 44.9 Å². The molecule has 5 nitrogen and oxygen atoms in total. The van der Waals surface area contributed by atoms with Gasteiger partial charge in [0.05, 0.1) is 18.8 Å². The lowest BCUT2D eigenvalue weighted by Crippen LogP contribution is -2.48. The van der Waals surface area contributed by atoms with Crippen molar-refractivity contribution in [3.63, 3.8) is 0 Å². The lowest BCUT2D eigenvalue weighted by atomic mass is 10.0. The first kappa shape index (κ1) is 63.6. The molecule has 0 radical (unpaired) electrons. The molecule has 0 aliphatic heterocycles. The van der Waals surface area contributed by atoms with Crippen LogP contribution in [0.3, 0.4) is 0 Å². The zero-order valence-corrected chi connectivity index (χ0v) is 43.9. The molecule has 0 fully saturated rings. The lowest BCUT2D eigenvalue weighted by Gasteiger charge is -2.21. The van der Waals surface area contributed by atoms with Crippen molar-refractivity contribution in [2.45, 2.75) is 334 Å². The van der Waals surface area contributed by atoms with Crippen molar-refractivity contribution >= 4 is 5.91 Å². The van der Waals surface area contributed by atoms with Gasteiger partial charge in [-0.25, -0.2) is 0 Å². The minimum Gasteiger partial charge on any atom is -0.394 e. The van der Waals surface area contributed by atoms with Crippen molar-refractivity contribution in [1.82, 2.24) is 5.32 Å². The van der Waals surface area contributed by atoms with Crippen LogP contribution in [0.15, 0.2) is 36.5 Å². The van der Waals surface area contributed by atoms with E-state index in [1.165, 1.54) is 250 Å². The maximum atomic E-state index is 12.6. The highest BCUT2D eigenvalue weighted by atomic mass is 16.3. The van der Waals surface area contributed by atoms with Crippen molar-refractivity contribution < 1.29 is 20.1 Å². The number of carbonyl (C=O) groups is 1. The van der Waals surface area contributed by atoms with Gasteiger partial charge in [-0.15, -0.1) is 0 Å². The molecule has 65 heavy (non-hydrogen) atoms. The van der Waals surface area contributed by atoms with Crippen molar-refractivity contribution in [3.8, 4) is 0 Å². The highest BCUT2D eigenvalue weighted by molar-refractivity contribution is 5.80. The number of aliphatic hydroxyl groups excluding tert-OH is 3. The smallest absolute Gasteiger partial charge is 0.249 e. The molecule has 0 saturated heterocycles. The average molecular weight is 915 g/mol. The molecule has 0 aromatic heterocycles. The first-order valence-corrected chi connectivity index (χ1v) is 29.3. The van der Waals surface area contributed by atoms with E-state index in [1.54, 1.807) is 6.08 Å². The van der Waals surface area contributed by atoms with Crippen LogP contribution in [0.25, 0.3) is 0 Å². The Labute approximate surface area is 406 Å². The second-order valence-electron chi connectivity index (χ2n) is 20.2. The number of aliphatic hydroxyl groups is 3. The van der Waals surface area contributed by atoms with Crippen LogP contribution in [0.4, 0.5) is 0 Å². The van der Waals surface area contributed by atoms with Gasteiger partial charge in [0.25, 0.3) is 0 Å². The number of rotatable bonds is 54. The van der Waals surface area contributed by atoms with E-state index in [1.807, 2.05) is 6.08 Å². The van der Waals surface area contributed by atoms with Gasteiger partial charge in [0.2, 0.25) is 5.91 Å². The largest absolute Gasteiger partial charge is 0.394 e. The molecule has 3 unspecified atom stereocenters. The molecule has 3 atom stereocenters. The summed E-state index contributed by atoms with van der Waals surface area (Å²) in [6, 6.07) is -0.820. The van der Waals surface area contributed by atoms with Crippen LogP contribution in [-0.4, -0.2) is 46.1 Å². The number of unbranched alkanes of at least 4 members (excludes halogenated alkanes) is 42. The summed E-state index contributed by atoms with van der Waals surface area (Å²) < 4.78 is 0. The minimum absolute atomic E-state index is 0.379. The SMILES string of the molecule is CCCCCCCCCCCCCCC/C=C/CC/C=C/CC/C=C/C(O)C(CO)NC(=O)C(O)CCCCCCCCCCCCCCCCCCCCCCCCCCCCCC. The van der Waals surface area contributed by atoms with E-state index in [-0.39, 0.29) is 6.61 Å². The molecule has 4 N–H and O–H groups in total. The fourth-order valence-corrected chi connectivity index (χ4v) is 9.16. The summed E-state index contributed by atoms with van der Waals surface area (Å²) in [5, 5.41) is 33.4. The van der Waals surface area contributed by atoms with Crippen LogP contribution in [0.2, 0.25) is 0 Å². The van der Waals surface area contributed by atoms with Crippen LogP contribution in [0.5, 0.6) is 0 Å². The molecular formula is C60H115NO4. The van der Waals surface area contributed by atoms with E-state index < -0.39 is 24.2 Å². The second kappa shape index (κ2) is 55.2. The zero-order chi connectivity index (χ0) is 47.2. The molecule has 0 spiro atoms. The normalized spacial score (nSPS) is 13.5. The van der Waals surface area contributed by atoms with Crippen molar-refractivity contribution in [2.75, 3.05) is 6.61 Å². The van der Waals surface area contributed by atoms with E-state index >= 15 is 0 Å². The molecule has 384 valence electrons. The first-order chi connectivity index (χ1) is 32.1. The van der Waals surface area contributed by atoms with Gasteiger partial charge >= 0.3 is 0 Å². The molecule has 0 aliphatic carbocycles. The van der Waals surface area contributed by atoms with Crippen LogP contribution in [0.1, 0.15) is 316 Å². The van der Waals surface area contributed by atoms with Gasteiger partial charge in [-0.05, 0) is 44.9 Å². The molecule has 0 heterocycles. The monoisotopic (exact) mass is 914 g/mol. The number of carbonyl (C=O) groups excluding carboxylic acids is 1. The predicted molar refractivity (Wildman–Crippen MR) is 287 cm³/mol. The highest BCUT2D eigenvalue weighted by Crippen LogP contribution is 2.18. The Balaban J connectivity index is 3.59. The Hall–Kier alpha value is -1.43. The Bertz CT molecular complexity index is 1010. The Kier molecular flexibility index (Phi) is 54.0. The summed E-state index contributed by atoms with van der Waals surface area (Å²) in [6.45, 7) is 4.20. The van der Waals surface area contributed by atoms with Gasteiger partial charge in [0.1, 0.15) is 6.10 Å². The summed E-state index contributed by atoms with van der Waals surface area (Å²) in [5.41, 5.74) is 0. The van der Waals surface area contributed by atoms with E-state index in [2.05, 4.69) is 43.5 Å². The quantitative estimate of drug-likeness (QED) is 0.0361. The summed E-state index contributed by atoms with van der Waals surface area (Å²) in [4.78, 5) is 12.6. The molecule has 0 rings (SSSR count). The molecule has 0 saturated carbocycles. The summed E-state index contributed by atoms with van der Waals surface area (Å²) in [6.07, 6.45) is 72.4. The second-order valence-corrected chi connectivity index (χ2v) is 20.2. The summed E-state index contributed by atoms with van der Waals surface area (Å²) >= 11 is 0. The third kappa shape index (κ3) is 50.3. The number of allylic oxidation sites excluding steroid dienone is 5. The number of hydrogen-bond donors (Lipinski definition) is 4. The van der Waals surface area contributed by atoms with Crippen LogP contribution >= 0.6 is 0 Å². The Morgan fingerprint density at radius 2 is 0.631 bits per heavy atom. The first-order valence-electron chi connectivity index (χ1n) is 29.3. The van der Waals surface area contributed by atoms with Crippen LogP contribution < -0.4 is 5.32 Å². The molecule has 0 aromatic rings. The number of amides is 1. The fraction of sp³-hybridized carbons (Fsp3) is 0.883. The van der Waals surface area contributed by atoms with Crippen molar-refractivity contribution in [1.29, 1.82) is 0 Å². The molecule has 0 aliphatic rings. The molecule has 0 aromatic carbocycles. The van der Waals surface area contributed by atoms with Crippen LogP contribution in [-0.2, 0) is 4.79 Å². The Morgan fingerprint density at radius 1 is 0.369 bits per heavy atom. The van der Waals surface area contributed by atoms with E-state index in [4.69, 9.17) is 0 Å². The van der Waals surface area contributed by atoms with Gasteiger partial charge in [-0.1, -0.05) is 307 Å². The fourth-order valence-electron chi connectivity index (χ4n) is 9.16. The third-order valence-electron chi connectivity index (χ3n) is 13.7. The van der Waals surface area contributed by atoms with E-state index in [0.29, 0.717) is 6.42 Å². The maximum absolute atomic E-state index is 12.6. The topological polar surface area (TPSA) is 89.8 Å². The maximum Gasteiger partial charge on any atom is 0.249 e. The summed E-state index contributed by atoms with van der Waals surface area (Å²) in [5.74, 6) is -0.511. The molecule has 0 bridgehead atoms. The van der Waals surface area contributed by atoms with Gasteiger partial charge in [0, 0.05) is 0 Å². The summed E-state index contributed by atoms with van der Waals surface area (Å²) in [7, 11) is 0. The van der Waals surface area contributed by atoms with Crippen molar-refractivity contribution in [3.05, 3.63) is 36.5 Å². The van der Waals surface area contributed by atoms with Crippen LogP contribution in [0, 0.1) is 0 Å². The van der Waals surface area contributed by atoms with Gasteiger partial charge in [-0.3, -0.25) is 4.79 Å². The molecule has 5 heteroatoms. The van der Waals surface area contributed by atoms with Gasteiger partial charge in [-0.2, -0.15) is 0 Å². The third-order valence-corrected chi connectivity index (χ3v) is 13.7. The van der Waals surface area contributed by atoms with Gasteiger partial charge in [0.15, 0.2) is 0 Å². The molecular weight excluding hydrogens is 799 g/mol. The number of nitrogens with one attached hydrogen (secondary N) is 1. The Morgan fingerprint density at radius 3 is 0.938 bits per heavy atom. The van der Waals surface area contributed by atoms with Crippen molar-refractivity contribution in [2.24, 2.45) is 0 Å². The highest BCUT2D eigenvalue weighted by Gasteiger charge is 2.22. The zero-order valence-electron chi connectivity index (χ0n) is 43.9. The van der Waals surface area contributed by atoms with Gasteiger partial charge < -0.3 is 20.6 Å². The predicted octanol–water partition coefficient (Wildman–Crippen LogP) is 18.2. The lowest BCUT2D eigenvalue weighted by molar-refractivity contribution is -0.131. The number of hydrogen-bond acceptors (Lipinski definition) is 4.